The first kappa shape index (κ1) is 34.3. The van der Waals surface area contributed by atoms with Gasteiger partial charge >= 0.3 is 0 Å². The van der Waals surface area contributed by atoms with Gasteiger partial charge in [0.1, 0.15) is 0 Å². The molecule has 0 amide bonds. The minimum atomic E-state index is -0.216. The molecule has 0 unspecified atom stereocenters. The summed E-state index contributed by atoms with van der Waals surface area (Å²) in [7, 11) is 0. The second-order valence-electron chi connectivity index (χ2n) is 14.7. The predicted molar refractivity (Wildman–Crippen MR) is 231 cm³/mol. The lowest BCUT2D eigenvalue weighted by atomic mass is 9.84. The van der Waals surface area contributed by atoms with Crippen LogP contribution in [0.4, 0.5) is 0 Å². The second-order valence-corrected chi connectivity index (χ2v) is 14.7. The summed E-state index contributed by atoms with van der Waals surface area (Å²) in [6.07, 6.45) is 0. The highest BCUT2D eigenvalue weighted by molar-refractivity contribution is 5.67. The standard InChI is InChI=1S/C54H39N3/c1-4-16-37(17-5-1)40-22-10-25-43(34-40)52-46-28-13-30-48(55-46)53(44-26-11-23-41(35-44)38-18-6-2-7-19-38)50-32-15-33-51(57-50)54(49-31-14-29-47(52)56-49)45-27-12-24-42(36-45)39-20-8-3-9-21-39/h1-36,52-54H. The van der Waals surface area contributed by atoms with Crippen LogP contribution in [-0.2, 0) is 0 Å². The number of nitrogens with zero attached hydrogens (tertiary/aromatic N) is 3. The number of fused-ring (bicyclic) bond motifs is 6. The zero-order valence-corrected chi connectivity index (χ0v) is 31.4. The summed E-state index contributed by atoms with van der Waals surface area (Å²) in [4.78, 5) is 16.7. The van der Waals surface area contributed by atoms with Crippen LogP contribution in [-0.4, -0.2) is 15.0 Å². The van der Waals surface area contributed by atoms with Gasteiger partial charge < -0.3 is 0 Å². The molecule has 1 aliphatic heterocycles. The average Bonchev–Trinajstić information content (AvgIpc) is 3.28. The molecule has 0 radical (unpaired) electrons. The Hall–Kier alpha value is -7.23. The maximum Gasteiger partial charge on any atom is 0.0686 e. The van der Waals surface area contributed by atoms with Crippen LogP contribution in [0.25, 0.3) is 33.4 Å². The van der Waals surface area contributed by atoms with E-state index in [0.29, 0.717) is 0 Å². The molecule has 0 N–H and O–H groups in total. The average molecular weight is 730 g/mol. The molecular weight excluding hydrogens is 691 g/mol. The second kappa shape index (κ2) is 15.1. The van der Waals surface area contributed by atoms with Crippen molar-refractivity contribution in [2.24, 2.45) is 0 Å². The molecule has 1 aliphatic rings. The topological polar surface area (TPSA) is 38.7 Å². The van der Waals surface area contributed by atoms with E-state index in [1.165, 1.54) is 16.7 Å². The van der Waals surface area contributed by atoms with Gasteiger partial charge in [-0.05, 0) is 86.5 Å². The summed E-state index contributed by atoms with van der Waals surface area (Å²) < 4.78 is 0. The van der Waals surface area contributed by atoms with E-state index in [2.05, 4.69) is 218 Å². The third kappa shape index (κ3) is 6.85. The van der Waals surface area contributed by atoms with E-state index in [0.717, 1.165) is 67.5 Å². The number of rotatable bonds is 6. The quantitative estimate of drug-likeness (QED) is 0.171. The SMILES string of the molecule is c1ccc(-c2cccc(C3c4cccc(n4)C(c4cccc(-c5ccccc5)c4)c4cccc(n4)C(c4cccc(-c5ccccc5)c4)c4cccc3n4)c2)cc1. The predicted octanol–water partition coefficient (Wildman–Crippen LogP) is 12.7. The Kier molecular flexibility index (Phi) is 9.10. The third-order valence-electron chi connectivity index (χ3n) is 11.1. The summed E-state index contributed by atoms with van der Waals surface area (Å²) in [5.41, 5.74) is 16.2. The van der Waals surface area contributed by atoms with Crippen LogP contribution in [0, 0.1) is 0 Å². The molecular formula is C54H39N3. The molecule has 0 spiro atoms. The summed E-state index contributed by atoms with van der Waals surface area (Å²) >= 11 is 0. The van der Waals surface area contributed by atoms with Crippen molar-refractivity contribution in [2.75, 3.05) is 0 Å². The Labute approximate surface area is 334 Å². The number of hydrogen-bond donors (Lipinski definition) is 0. The van der Waals surface area contributed by atoms with Gasteiger partial charge in [0.15, 0.2) is 0 Å². The molecule has 10 rings (SSSR count). The van der Waals surface area contributed by atoms with Crippen molar-refractivity contribution < 1.29 is 0 Å². The summed E-state index contributed by atoms with van der Waals surface area (Å²) in [5, 5.41) is 0. The van der Waals surface area contributed by atoms with Gasteiger partial charge in [0.25, 0.3) is 0 Å². The molecule has 0 aliphatic carbocycles. The van der Waals surface area contributed by atoms with Crippen LogP contribution in [0.2, 0.25) is 0 Å². The lowest BCUT2D eigenvalue weighted by Gasteiger charge is -2.26. The molecule has 0 atom stereocenters. The van der Waals surface area contributed by atoms with Crippen molar-refractivity contribution in [3.8, 4) is 33.4 Å². The van der Waals surface area contributed by atoms with E-state index in [9.17, 15) is 0 Å². The first-order valence-electron chi connectivity index (χ1n) is 19.6. The summed E-state index contributed by atoms with van der Waals surface area (Å²) in [6, 6.07) is 77.8. The van der Waals surface area contributed by atoms with Crippen molar-refractivity contribution in [3.63, 3.8) is 0 Å². The number of aromatic nitrogens is 3. The van der Waals surface area contributed by atoms with Gasteiger partial charge in [-0.1, -0.05) is 182 Å². The highest BCUT2D eigenvalue weighted by atomic mass is 14.8. The van der Waals surface area contributed by atoms with E-state index >= 15 is 0 Å². The smallest absolute Gasteiger partial charge is 0.0686 e. The highest BCUT2D eigenvalue weighted by Gasteiger charge is 2.29. The number of hydrogen-bond acceptors (Lipinski definition) is 3. The number of pyridine rings is 3. The van der Waals surface area contributed by atoms with E-state index in [-0.39, 0.29) is 17.8 Å². The zero-order chi connectivity index (χ0) is 38.0. The summed E-state index contributed by atoms with van der Waals surface area (Å²) in [6.45, 7) is 0. The minimum absolute atomic E-state index is 0.216. The van der Waals surface area contributed by atoms with Crippen LogP contribution >= 0.6 is 0 Å². The minimum Gasteiger partial charge on any atom is -0.256 e. The maximum atomic E-state index is 5.58. The van der Waals surface area contributed by atoms with Gasteiger partial charge in [-0.3, -0.25) is 15.0 Å². The fourth-order valence-electron chi connectivity index (χ4n) is 8.44. The molecule has 57 heavy (non-hydrogen) atoms. The molecule has 3 aromatic heterocycles. The molecule has 3 nitrogen and oxygen atoms in total. The fraction of sp³-hybridized carbons (Fsp3) is 0.0556. The monoisotopic (exact) mass is 729 g/mol. The van der Waals surface area contributed by atoms with Crippen molar-refractivity contribution in [1.82, 2.24) is 15.0 Å². The zero-order valence-electron chi connectivity index (χ0n) is 31.4. The highest BCUT2D eigenvalue weighted by Crippen LogP contribution is 2.40. The van der Waals surface area contributed by atoms with Crippen molar-refractivity contribution in [3.05, 3.63) is 269 Å². The molecule has 4 heterocycles. The van der Waals surface area contributed by atoms with E-state index in [1.54, 1.807) is 0 Å². The first-order valence-corrected chi connectivity index (χ1v) is 19.6. The molecule has 6 bridgehead atoms. The van der Waals surface area contributed by atoms with Crippen LogP contribution in [0.1, 0.15) is 68.6 Å². The molecule has 6 aromatic carbocycles. The van der Waals surface area contributed by atoms with Crippen LogP contribution in [0.5, 0.6) is 0 Å². The van der Waals surface area contributed by atoms with Gasteiger partial charge in [-0.25, -0.2) is 0 Å². The Morgan fingerprint density at radius 1 is 0.211 bits per heavy atom. The van der Waals surface area contributed by atoms with Crippen molar-refractivity contribution in [2.45, 2.75) is 17.8 Å². The Morgan fingerprint density at radius 3 is 0.702 bits per heavy atom. The molecule has 9 aromatic rings. The van der Waals surface area contributed by atoms with Gasteiger partial charge in [0.05, 0.1) is 51.9 Å². The largest absolute Gasteiger partial charge is 0.256 e. The maximum absolute atomic E-state index is 5.58. The van der Waals surface area contributed by atoms with Gasteiger partial charge in [0.2, 0.25) is 0 Å². The number of benzene rings is 6. The van der Waals surface area contributed by atoms with Crippen molar-refractivity contribution >= 4 is 0 Å². The lowest BCUT2D eigenvalue weighted by molar-refractivity contribution is 0.772. The van der Waals surface area contributed by atoms with E-state index in [1.807, 2.05) is 0 Å². The lowest BCUT2D eigenvalue weighted by Crippen LogP contribution is -2.17. The van der Waals surface area contributed by atoms with Gasteiger partial charge in [0, 0.05) is 0 Å². The molecule has 0 fully saturated rings. The van der Waals surface area contributed by atoms with Gasteiger partial charge in [-0.2, -0.15) is 0 Å². The van der Waals surface area contributed by atoms with Gasteiger partial charge in [-0.15, -0.1) is 0 Å². The summed E-state index contributed by atoms with van der Waals surface area (Å²) in [5.74, 6) is -0.648. The first-order chi connectivity index (χ1) is 28.2. The fourth-order valence-corrected chi connectivity index (χ4v) is 8.44. The van der Waals surface area contributed by atoms with E-state index < -0.39 is 0 Å². The molecule has 3 heteroatoms. The Bertz CT molecular complexity index is 2450. The van der Waals surface area contributed by atoms with Crippen LogP contribution in [0.15, 0.2) is 218 Å². The normalized spacial score (nSPS) is 15.9. The van der Waals surface area contributed by atoms with E-state index in [4.69, 9.17) is 15.0 Å². The third-order valence-corrected chi connectivity index (χ3v) is 11.1. The van der Waals surface area contributed by atoms with Crippen molar-refractivity contribution in [1.29, 1.82) is 0 Å². The Balaban J connectivity index is 1.22. The Morgan fingerprint density at radius 2 is 0.439 bits per heavy atom. The van der Waals surface area contributed by atoms with Crippen LogP contribution < -0.4 is 0 Å². The molecule has 0 saturated heterocycles. The molecule has 270 valence electrons. The molecule has 0 saturated carbocycles. The van der Waals surface area contributed by atoms with Crippen LogP contribution in [0.3, 0.4) is 0 Å².